The maximum Gasteiger partial charge on any atom is 0.307 e. The highest BCUT2D eigenvalue weighted by Crippen LogP contribution is 2.24. The first-order valence-corrected chi connectivity index (χ1v) is 4.41. The lowest BCUT2D eigenvalue weighted by molar-refractivity contribution is -0.136. The minimum absolute atomic E-state index is 0.0106. The second kappa shape index (κ2) is 4.13. The molecule has 0 aliphatic rings. The van der Waals surface area contributed by atoms with Crippen molar-refractivity contribution in [2.24, 2.45) is 0 Å². The molecule has 0 bridgehead atoms. The smallest absolute Gasteiger partial charge is 0.307 e. The average molecular weight is 194 g/mol. The van der Waals surface area contributed by atoms with Crippen molar-refractivity contribution >= 4 is 5.97 Å². The standard InChI is InChI=1S/C11H14O3/c1-7-4-5-10(14-3)9(8(7)2)6-11(12)13/h4-5H,6H2,1-3H3,(H,12,13). The SMILES string of the molecule is COc1ccc(C)c(C)c1CC(=O)O. The Kier molecular flexibility index (Phi) is 3.12. The van der Waals surface area contributed by atoms with Crippen LogP contribution in [0, 0.1) is 13.8 Å². The van der Waals surface area contributed by atoms with Crippen LogP contribution in [0.2, 0.25) is 0 Å². The number of carbonyl (C=O) groups is 1. The van der Waals surface area contributed by atoms with Gasteiger partial charge in [0.25, 0.3) is 0 Å². The average Bonchev–Trinajstić information content (AvgIpc) is 2.13. The van der Waals surface area contributed by atoms with Crippen molar-refractivity contribution in [3.63, 3.8) is 0 Å². The van der Waals surface area contributed by atoms with Crippen LogP contribution in [0.25, 0.3) is 0 Å². The molecule has 1 rings (SSSR count). The van der Waals surface area contributed by atoms with Gasteiger partial charge in [-0.3, -0.25) is 4.79 Å². The third-order valence-corrected chi connectivity index (χ3v) is 2.37. The third-order valence-electron chi connectivity index (χ3n) is 2.37. The molecule has 3 nitrogen and oxygen atoms in total. The van der Waals surface area contributed by atoms with Crippen LogP contribution in [0.15, 0.2) is 12.1 Å². The van der Waals surface area contributed by atoms with Gasteiger partial charge in [0.1, 0.15) is 5.75 Å². The van der Waals surface area contributed by atoms with E-state index in [0.29, 0.717) is 5.75 Å². The van der Waals surface area contributed by atoms with E-state index in [1.54, 1.807) is 13.2 Å². The van der Waals surface area contributed by atoms with E-state index in [4.69, 9.17) is 9.84 Å². The molecule has 0 aliphatic carbocycles. The first-order valence-electron chi connectivity index (χ1n) is 4.41. The topological polar surface area (TPSA) is 46.5 Å². The number of methoxy groups -OCH3 is 1. The van der Waals surface area contributed by atoms with Crippen LogP contribution in [0.4, 0.5) is 0 Å². The number of benzene rings is 1. The van der Waals surface area contributed by atoms with Crippen molar-refractivity contribution < 1.29 is 14.6 Å². The van der Waals surface area contributed by atoms with Crippen molar-refractivity contribution in [2.75, 3.05) is 7.11 Å². The summed E-state index contributed by atoms with van der Waals surface area (Å²) in [5, 5.41) is 8.75. The first-order chi connectivity index (χ1) is 6.56. The molecule has 1 N–H and O–H groups in total. The van der Waals surface area contributed by atoms with Crippen LogP contribution >= 0.6 is 0 Å². The van der Waals surface area contributed by atoms with Gasteiger partial charge in [0.05, 0.1) is 13.5 Å². The molecule has 3 heteroatoms. The number of hydrogen-bond donors (Lipinski definition) is 1. The van der Waals surface area contributed by atoms with Crippen LogP contribution in [-0.4, -0.2) is 18.2 Å². The van der Waals surface area contributed by atoms with Crippen molar-refractivity contribution in [1.29, 1.82) is 0 Å². The highest BCUT2D eigenvalue weighted by molar-refractivity contribution is 5.72. The summed E-state index contributed by atoms with van der Waals surface area (Å²) >= 11 is 0. The Hall–Kier alpha value is -1.51. The van der Waals surface area contributed by atoms with E-state index in [9.17, 15) is 4.79 Å². The fourth-order valence-electron chi connectivity index (χ4n) is 1.41. The lowest BCUT2D eigenvalue weighted by atomic mass is 10.00. The van der Waals surface area contributed by atoms with E-state index in [1.807, 2.05) is 19.9 Å². The van der Waals surface area contributed by atoms with Crippen LogP contribution in [0.1, 0.15) is 16.7 Å². The lowest BCUT2D eigenvalue weighted by Gasteiger charge is -2.11. The number of carboxylic acid groups (broad SMARTS) is 1. The summed E-state index contributed by atoms with van der Waals surface area (Å²) < 4.78 is 5.12. The Morgan fingerprint density at radius 1 is 1.43 bits per heavy atom. The van der Waals surface area contributed by atoms with Gasteiger partial charge < -0.3 is 9.84 Å². The Balaban J connectivity index is 3.20. The fourth-order valence-corrected chi connectivity index (χ4v) is 1.41. The number of aryl methyl sites for hydroxylation is 1. The van der Waals surface area contributed by atoms with E-state index < -0.39 is 5.97 Å². The third kappa shape index (κ3) is 2.05. The molecule has 0 saturated carbocycles. The normalized spacial score (nSPS) is 9.93. The predicted octanol–water partition coefficient (Wildman–Crippen LogP) is 1.94. The summed E-state index contributed by atoms with van der Waals surface area (Å²) in [5.74, 6) is -0.187. The van der Waals surface area contributed by atoms with Gasteiger partial charge in [-0.25, -0.2) is 0 Å². The molecule has 0 radical (unpaired) electrons. The fraction of sp³-hybridized carbons (Fsp3) is 0.364. The summed E-state index contributed by atoms with van der Waals surface area (Å²) in [7, 11) is 1.55. The number of ether oxygens (including phenoxy) is 1. The number of carboxylic acids is 1. The molecule has 14 heavy (non-hydrogen) atoms. The van der Waals surface area contributed by atoms with Gasteiger partial charge in [0.15, 0.2) is 0 Å². The lowest BCUT2D eigenvalue weighted by Crippen LogP contribution is -2.05. The maximum atomic E-state index is 10.6. The van der Waals surface area contributed by atoms with Crippen LogP contribution in [-0.2, 0) is 11.2 Å². The zero-order valence-electron chi connectivity index (χ0n) is 8.63. The zero-order valence-corrected chi connectivity index (χ0v) is 8.63. The summed E-state index contributed by atoms with van der Waals surface area (Å²) in [6.45, 7) is 3.87. The molecule has 76 valence electrons. The van der Waals surface area contributed by atoms with E-state index in [0.717, 1.165) is 16.7 Å². The first kappa shape index (κ1) is 10.6. The summed E-state index contributed by atoms with van der Waals surface area (Å²) in [5.41, 5.74) is 2.84. The molecule has 0 amide bonds. The minimum atomic E-state index is -0.836. The van der Waals surface area contributed by atoms with E-state index in [-0.39, 0.29) is 6.42 Å². The van der Waals surface area contributed by atoms with Gasteiger partial charge >= 0.3 is 5.97 Å². The summed E-state index contributed by atoms with van der Waals surface area (Å²) in [6.07, 6.45) is 0.0106. The van der Waals surface area contributed by atoms with Gasteiger partial charge in [0, 0.05) is 5.56 Å². The zero-order chi connectivity index (χ0) is 10.7. The Labute approximate surface area is 83.3 Å². The molecule has 0 atom stereocenters. The van der Waals surface area contributed by atoms with Crippen molar-refractivity contribution in [3.8, 4) is 5.75 Å². The van der Waals surface area contributed by atoms with Gasteiger partial charge in [-0.2, -0.15) is 0 Å². The molecule has 0 unspecified atom stereocenters. The molecular weight excluding hydrogens is 180 g/mol. The largest absolute Gasteiger partial charge is 0.496 e. The number of rotatable bonds is 3. The van der Waals surface area contributed by atoms with E-state index in [2.05, 4.69) is 0 Å². The summed E-state index contributed by atoms with van der Waals surface area (Å²) in [4.78, 5) is 10.6. The van der Waals surface area contributed by atoms with Crippen molar-refractivity contribution in [1.82, 2.24) is 0 Å². The molecule has 0 heterocycles. The Morgan fingerprint density at radius 2 is 2.07 bits per heavy atom. The molecular formula is C11H14O3. The Bertz CT molecular complexity index is 356. The quantitative estimate of drug-likeness (QED) is 0.799. The summed E-state index contributed by atoms with van der Waals surface area (Å²) in [6, 6.07) is 3.74. The van der Waals surface area contributed by atoms with Crippen LogP contribution in [0.5, 0.6) is 5.75 Å². The second-order valence-corrected chi connectivity index (χ2v) is 3.26. The molecule has 0 spiro atoms. The van der Waals surface area contributed by atoms with Gasteiger partial charge in [0.2, 0.25) is 0 Å². The van der Waals surface area contributed by atoms with Crippen LogP contribution < -0.4 is 4.74 Å². The molecule has 1 aromatic rings. The second-order valence-electron chi connectivity index (χ2n) is 3.26. The van der Waals surface area contributed by atoms with Crippen molar-refractivity contribution in [2.45, 2.75) is 20.3 Å². The van der Waals surface area contributed by atoms with Crippen molar-refractivity contribution in [3.05, 3.63) is 28.8 Å². The van der Waals surface area contributed by atoms with Gasteiger partial charge in [-0.15, -0.1) is 0 Å². The highest BCUT2D eigenvalue weighted by atomic mass is 16.5. The maximum absolute atomic E-state index is 10.6. The predicted molar refractivity (Wildman–Crippen MR) is 53.8 cm³/mol. The van der Waals surface area contributed by atoms with Gasteiger partial charge in [-0.1, -0.05) is 6.07 Å². The Morgan fingerprint density at radius 3 is 2.57 bits per heavy atom. The minimum Gasteiger partial charge on any atom is -0.496 e. The monoisotopic (exact) mass is 194 g/mol. The van der Waals surface area contributed by atoms with E-state index in [1.165, 1.54) is 0 Å². The molecule has 0 fully saturated rings. The van der Waals surface area contributed by atoms with E-state index >= 15 is 0 Å². The highest BCUT2D eigenvalue weighted by Gasteiger charge is 2.11. The molecule has 1 aromatic carbocycles. The molecule has 0 saturated heterocycles. The molecule has 0 aliphatic heterocycles. The molecule has 0 aromatic heterocycles. The number of hydrogen-bond acceptors (Lipinski definition) is 2. The van der Waals surface area contributed by atoms with Gasteiger partial charge in [-0.05, 0) is 31.0 Å². The van der Waals surface area contributed by atoms with Crippen LogP contribution in [0.3, 0.4) is 0 Å². The number of aliphatic carboxylic acids is 1.